The van der Waals surface area contributed by atoms with Gasteiger partial charge < -0.3 is 20.4 Å². The van der Waals surface area contributed by atoms with Gasteiger partial charge in [-0.05, 0) is 0 Å². The molecule has 0 aliphatic rings. The molecule has 0 unspecified atom stereocenters. The summed E-state index contributed by atoms with van der Waals surface area (Å²) >= 11 is 0. The summed E-state index contributed by atoms with van der Waals surface area (Å²) in [6, 6.07) is 0. The highest BCUT2D eigenvalue weighted by molar-refractivity contribution is 5.97. The third kappa shape index (κ3) is 6.70. The highest BCUT2D eigenvalue weighted by Crippen LogP contribution is 2.18. The van der Waals surface area contributed by atoms with E-state index in [1.807, 2.05) is 0 Å². The first-order valence-electron chi connectivity index (χ1n) is 5.25. The van der Waals surface area contributed by atoms with E-state index in [4.69, 9.17) is 15.3 Å². The first kappa shape index (κ1) is 15.6. The average Bonchev–Trinajstić information content (AvgIpc) is 2.16. The van der Waals surface area contributed by atoms with E-state index in [1.54, 1.807) is 13.8 Å². The quantitative estimate of drug-likeness (QED) is 0.299. The normalized spacial score (nSPS) is 12.4. The van der Waals surface area contributed by atoms with Crippen molar-refractivity contribution in [1.82, 2.24) is 5.32 Å². The predicted molar refractivity (Wildman–Crippen MR) is 63.9 cm³/mol. The van der Waals surface area contributed by atoms with Crippen LogP contribution in [0, 0.1) is 10.8 Å². The van der Waals surface area contributed by atoms with Crippen molar-refractivity contribution < 1.29 is 19.7 Å². The zero-order valence-corrected chi connectivity index (χ0v) is 10.4. The van der Waals surface area contributed by atoms with Crippen molar-refractivity contribution in [2.75, 3.05) is 19.8 Å². The third-order valence-corrected chi connectivity index (χ3v) is 2.01. The molecule has 6 heteroatoms. The van der Waals surface area contributed by atoms with Crippen molar-refractivity contribution in [2.45, 2.75) is 20.8 Å². The largest absolute Gasteiger partial charge is 0.494 e. The minimum absolute atomic E-state index is 0.0730. The van der Waals surface area contributed by atoms with E-state index in [1.165, 1.54) is 13.0 Å². The fourth-order valence-corrected chi connectivity index (χ4v) is 1.02. The van der Waals surface area contributed by atoms with Crippen molar-refractivity contribution >= 4 is 11.6 Å². The van der Waals surface area contributed by atoms with E-state index in [9.17, 15) is 9.90 Å². The Balaban J connectivity index is 4.41. The molecule has 0 fully saturated rings. The summed E-state index contributed by atoms with van der Waals surface area (Å²) in [5.74, 6) is -0.765. The van der Waals surface area contributed by atoms with Crippen LogP contribution in [0.2, 0.25) is 0 Å². The number of hydrogen-bond acceptors (Lipinski definition) is 5. The molecule has 0 saturated heterocycles. The zero-order valence-electron chi connectivity index (χ0n) is 10.4. The molecule has 0 radical (unpaired) electrons. The van der Waals surface area contributed by atoms with Gasteiger partial charge >= 0.3 is 0 Å². The summed E-state index contributed by atoms with van der Waals surface area (Å²) in [5.41, 5.74) is -0.483. The lowest BCUT2D eigenvalue weighted by Crippen LogP contribution is -2.30. The number of nitrogens with one attached hydrogen (secondary N) is 2. The maximum atomic E-state index is 10.7. The van der Waals surface area contributed by atoms with Crippen LogP contribution in [0.4, 0.5) is 0 Å². The molecule has 4 N–H and O–H groups in total. The lowest BCUT2D eigenvalue weighted by Gasteiger charge is -2.23. The van der Waals surface area contributed by atoms with Gasteiger partial charge in [0.1, 0.15) is 0 Å². The first-order chi connectivity index (χ1) is 7.79. The standard InChI is InChI=1S/C11H20N2O4/c1-8(15)13-10(16)6-9(12)11(2,3)7-17-5-4-14/h6,12,14,16H,4-5,7H2,1-3H3,(H,13,15)/b10-6-,12-9?. The van der Waals surface area contributed by atoms with E-state index in [-0.39, 0.29) is 31.4 Å². The topological polar surface area (TPSA) is 103 Å². The molecule has 6 nitrogen and oxygen atoms in total. The lowest BCUT2D eigenvalue weighted by atomic mass is 9.88. The van der Waals surface area contributed by atoms with Gasteiger partial charge in [-0.25, -0.2) is 0 Å². The molecular weight excluding hydrogens is 224 g/mol. The van der Waals surface area contributed by atoms with Gasteiger partial charge in [0, 0.05) is 24.1 Å². The molecule has 0 aliphatic carbocycles. The van der Waals surface area contributed by atoms with Crippen molar-refractivity contribution in [1.29, 1.82) is 5.41 Å². The second kappa shape index (κ2) is 7.03. The third-order valence-electron chi connectivity index (χ3n) is 2.01. The number of allylic oxidation sites excluding steroid dienone is 1. The highest BCUT2D eigenvalue weighted by Gasteiger charge is 2.23. The van der Waals surface area contributed by atoms with Crippen molar-refractivity contribution in [2.24, 2.45) is 5.41 Å². The summed E-state index contributed by atoms with van der Waals surface area (Å²) in [6.07, 6.45) is 1.17. The van der Waals surface area contributed by atoms with Crippen LogP contribution in [-0.4, -0.2) is 41.7 Å². The number of rotatable bonds is 7. The molecule has 0 aromatic carbocycles. The second-order valence-electron chi connectivity index (χ2n) is 4.28. The average molecular weight is 244 g/mol. The number of aliphatic hydroxyl groups is 2. The van der Waals surface area contributed by atoms with Gasteiger partial charge in [0.25, 0.3) is 0 Å². The molecule has 1 amide bonds. The molecule has 0 rings (SSSR count). The Kier molecular flexibility index (Phi) is 6.45. The van der Waals surface area contributed by atoms with E-state index >= 15 is 0 Å². The number of carbonyl (C=O) groups excluding carboxylic acids is 1. The summed E-state index contributed by atoms with van der Waals surface area (Å²) in [7, 11) is 0. The van der Waals surface area contributed by atoms with Gasteiger partial charge in [0.15, 0.2) is 5.88 Å². The molecular formula is C11H20N2O4. The van der Waals surface area contributed by atoms with Crippen LogP contribution in [0.1, 0.15) is 20.8 Å². The summed E-state index contributed by atoms with van der Waals surface area (Å²) in [4.78, 5) is 10.7. The molecule has 0 aromatic heterocycles. The number of hydrogen-bond donors (Lipinski definition) is 4. The van der Waals surface area contributed by atoms with Crippen molar-refractivity contribution in [3.8, 4) is 0 Å². The Morgan fingerprint density at radius 2 is 2.12 bits per heavy atom. The van der Waals surface area contributed by atoms with Crippen LogP contribution in [0.15, 0.2) is 12.0 Å². The second-order valence-corrected chi connectivity index (χ2v) is 4.28. The molecule has 0 atom stereocenters. The molecule has 0 spiro atoms. The summed E-state index contributed by atoms with van der Waals surface area (Å²) in [5, 5.41) is 27.8. The molecule has 17 heavy (non-hydrogen) atoms. The fraction of sp³-hybridized carbons (Fsp3) is 0.636. The highest BCUT2D eigenvalue weighted by atomic mass is 16.5. The SMILES string of the molecule is CC(=O)N/C(O)=C/C(=N)C(C)(C)COCCO. The van der Waals surface area contributed by atoms with Crippen LogP contribution in [0.3, 0.4) is 0 Å². The van der Waals surface area contributed by atoms with Gasteiger partial charge in [-0.1, -0.05) is 13.8 Å². The molecule has 98 valence electrons. The van der Waals surface area contributed by atoms with E-state index in [0.717, 1.165) is 0 Å². The monoisotopic (exact) mass is 244 g/mol. The Hall–Kier alpha value is -1.40. The zero-order chi connectivity index (χ0) is 13.5. The number of aliphatic hydroxyl groups excluding tert-OH is 2. The van der Waals surface area contributed by atoms with Crippen LogP contribution >= 0.6 is 0 Å². The van der Waals surface area contributed by atoms with Crippen LogP contribution in [-0.2, 0) is 9.53 Å². The van der Waals surface area contributed by atoms with Gasteiger partial charge in [-0.15, -0.1) is 0 Å². The maximum Gasteiger partial charge on any atom is 0.223 e. The first-order valence-corrected chi connectivity index (χ1v) is 5.25. The van der Waals surface area contributed by atoms with Crippen molar-refractivity contribution in [3.05, 3.63) is 12.0 Å². The van der Waals surface area contributed by atoms with E-state index < -0.39 is 11.3 Å². The Morgan fingerprint density at radius 3 is 2.59 bits per heavy atom. The van der Waals surface area contributed by atoms with Gasteiger partial charge in [0.2, 0.25) is 5.91 Å². The molecule has 0 heterocycles. The molecule has 0 aliphatic heterocycles. The van der Waals surface area contributed by atoms with Crippen LogP contribution < -0.4 is 5.32 Å². The molecule has 0 bridgehead atoms. The minimum Gasteiger partial charge on any atom is -0.494 e. The maximum absolute atomic E-state index is 10.7. The summed E-state index contributed by atoms with van der Waals surface area (Å²) < 4.78 is 5.14. The smallest absolute Gasteiger partial charge is 0.223 e. The summed E-state index contributed by atoms with van der Waals surface area (Å²) in [6.45, 7) is 5.18. The lowest BCUT2D eigenvalue weighted by molar-refractivity contribution is -0.118. The van der Waals surface area contributed by atoms with Crippen molar-refractivity contribution in [3.63, 3.8) is 0 Å². The van der Waals surface area contributed by atoms with Gasteiger partial charge in [-0.2, -0.15) is 0 Å². The van der Waals surface area contributed by atoms with Gasteiger partial charge in [-0.3, -0.25) is 10.1 Å². The number of ether oxygens (including phenoxy) is 1. The predicted octanol–water partition coefficient (Wildman–Crippen LogP) is 0.577. The number of carbonyl (C=O) groups is 1. The molecule has 0 saturated carbocycles. The van der Waals surface area contributed by atoms with Gasteiger partial charge in [0.05, 0.1) is 19.8 Å². The van der Waals surface area contributed by atoms with Crippen LogP contribution in [0.5, 0.6) is 0 Å². The van der Waals surface area contributed by atoms with Crippen LogP contribution in [0.25, 0.3) is 0 Å². The Morgan fingerprint density at radius 1 is 1.53 bits per heavy atom. The number of amides is 1. The Bertz CT molecular complexity index is 311. The molecule has 0 aromatic rings. The minimum atomic E-state index is -0.610. The van der Waals surface area contributed by atoms with E-state index in [2.05, 4.69) is 5.32 Å². The van der Waals surface area contributed by atoms with E-state index in [0.29, 0.717) is 0 Å². The fourth-order valence-electron chi connectivity index (χ4n) is 1.02. The Labute approximate surface area is 101 Å².